The summed E-state index contributed by atoms with van der Waals surface area (Å²) in [5.74, 6) is 0.553. The van der Waals surface area contributed by atoms with Crippen LogP contribution in [0.3, 0.4) is 0 Å². The molecule has 2 rings (SSSR count). The van der Waals surface area contributed by atoms with Crippen LogP contribution in [0.4, 0.5) is 5.69 Å². The Hall–Kier alpha value is -1.33. The molecule has 0 atom stereocenters. The zero-order chi connectivity index (χ0) is 18.6. The molecule has 0 bridgehead atoms. The van der Waals surface area contributed by atoms with Crippen molar-refractivity contribution in [1.29, 1.82) is 0 Å². The van der Waals surface area contributed by atoms with Crippen LogP contribution in [0.1, 0.15) is 38.8 Å². The quantitative estimate of drug-likeness (QED) is 0.576. The maximum Gasteiger partial charge on any atom is 0.262 e. The average Bonchev–Trinajstić information content (AvgIpc) is 2.54. The van der Waals surface area contributed by atoms with Gasteiger partial charge in [0.25, 0.3) is 5.91 Å². The van der Waals surface area contributed by atoms with Gasteiger partial charge in [-0.2, -0.15) is 0 Å². The maximum atomic E-state index is 12.2. The summed E-state index contributed by atoms with van der Waals surface area (Å²) < 4.78 is 7.56. The Morgan fingerprint density at radius 2 is 1.84 bits per heavy atom. The van der Waals surface area contributed by atoms with Gasteiger partial charge in [0.2, 0.25) is 0 Å². The van der Waals surface area contributed by atoms with Crippen molar-refractivity contribution in [1.82, 2.24) is 0 Å². The first-order valence-corrected chi connectivity index (χ1v) is 9.80. The lowest BCUT2D eigenvalue weighted by Crippen LogP contribution is -2.21. The Bertz CT molecular complexity index is 767. The summed E-state index contributed by atoms with van der Waals surface area (Å²) in [6.45, 7) is 8.50. The maximum absolute atomic E-state index is 12.2. The molecule has 0 saturated heterocycles. The molecule has 0 saturated carbocycles. The summed E-state index contributed by atoms with van der Waals surface area (Å²) in [7, 11) is 0. The predicted octanol–water partition coefficient (Wildman–Crippen LogP) is 6.09. The van der Waals surface area contributed by atoms with Crippen LogP contribution in [-0.2, 0) is 16.6 Å². The average molecular weight is 469 g/mol. The number of aryl methyl sites for hydroxylation is 1. The fourth-order valence-electron chi connectivity index (χ4n) is 2.38. The zero-order valence-corrected chi connectivity index (χ0v) is 18.1. The van der Waals surface area contributed by atoms with Gasteiger partial charge in [0.15, 0.2) is 6.61 Å². The lowest BCUT2D eigenvalue weighted by atomic mass is 9.87. The number of carbonyl (C=O) groups excluding carboxylic acids is 1. The molecule has 0 spiro atoms. The number of hydrogen-bond donors (Lipinski definition) is 1. The highest BCUT2D eigenvalue weighted by molar-refractivity contribution is 9.10. The summed E-state index contributed by atoms with van der Waals surface area (Å²) in [5.41, 5.74) is 3.08. The van der Waals surface area contributed by atoms with E-state index >= 15 is 0 Å². The zero-order valence-electron chi connectivity index (χ0n) is 15.0. The van der Waals surface area contributed by atoms with E-state index in [2.05, 4.69) is 64.9 Å². The number of rotatable bonds is 5. The summed E-state index contributed by atoms with van der Waals surface area (Å²) in [4.78, 5) is 12.2. The molecule has 25 heavy (non-hydrogen) atoms. The first-order valence-electron chi connectivity index (χ1n) is 8.22. The van der Waals surface area contributed by atoms with Gasteiger partial charge >= 0.3 is 0 Å². The molecule has 5 heteroatoms. The third kappa shape index (κ3) is 5.58. The van der Waals surface area contributed by atoms with Gasteiger partial charge in [-0.3, -0.25) is 4.79 Å². The molecule has 3 nitrogen and oxygen atoms in total. The number of ether oxygens (including phenoxy) is 1. The Balaban J connectivity index is 2.01. The summed E-state index contributed by atoms with van der Waals surface area (Å²) >= 11 is 6.98. The number of halogens is 2. The molecular formula is C20H23Br2NO2. The van der Waals surface area contributed by atoms with Crippen molar-refractivity contribution in [3.63, 3.8) is 0 Å². The third-order valence-electron chi connectivity index (χ3n) is 3.87. The highest BCUT2D eigenvalue weighted by atomic mass is 79.9. The van der Waals surface area contributed by atoms with Gasteiger partial charge in [-0.25, -0.2) is 0 Å². The molecule has 2 aromatic carbocycles. The highest BCUT2D eigenvalue weighted by Crippen LogP contribution is 2.30. The first-order chi connectivity index (χ1) is 11.7. The molecule has 0 radical (unpaired) electrons. The Kier molecular flexibility index (Phi) is 6.69. The third-order valence-corrected chi connectivity index (χ3v) is 5.02. The topological polar surface area (TPSA) is 38.3 Å². The van der Waals surface area contributed by atoms with Gasteiger partial charge < -0.3 is 10.1 Å². The molecule has 0 aliphatic carbocycles. The highest BCUT2D eigenvalue weighted by Gasteiger charge is 2.16. The van der Waals surface area contributed by atoms with Gasteiger partial charge in [-0.1, -0.05) is 49.7 Å². The minimum atomic E-state index is -0.186. The lowest BCUT2D eigenvalue weighted by molar-refractivity contribution is -0.118. The van der Waals surface area contributed by atoms with Crippen LogP contribution < -0.4 is 10.1 Å². The van der Waals surface area contributed by atoms with Crippen LogP contribution in [-0.4, -0.2) is 12.5 Å². The molecule has 0 fully saturated rings. The van der Waals surface area contributed by atoms with E-state index in [1.807, 2.05) is 36.4 Å². The van der Waals surface area contributed by atoms with E-state index in [-0.39, 0.29) is 17.9 Å². The van der Waals surface area contributed by atoms with E-state index in [1.165, 1.54) is 5.56 Å². The van der Waals surface area contributed by atoms with Crippen molar-refractivity contribution >= 4 is 43.5 Å². The number of amides is 1. The largest absolute Gasteiger partial charge is 0.483 e. The molecule has 1 N–H and O–H groups in total. The molecule has 0 aliphatic heterocycles. The van der Waals surface area contributed by atoms with Gasteiger partial charge in [0.1, 0.15) is 5.75 Å². The fourth-order valence-corrected chi connectivity index (χ4v) is 3.26. The molecular weight excluding hydrogens is 446 g/mol. The van der Waals surface area contributed by atoms with Gasteiger partial charge in [-0.05, 0) is 69.2 Å². The van der Waals surface area contributed by atoms with Crippen molar-refractivity contribution in [2.75, 3.05) is 11.9 Å². The lowest BCUT2D eigenvalue weighted by Gasteiger charge is -2.20. The van der Waals surface area contributed by atoms with Gasteiger partial charge in [0, 0.05) is 8.95 Å². The molecule has 0 aliphatic rings. The minimum absolute atomic E-state index is 0.0257. The monoisotopic (exact) mass is 467 g/mol. The second-order valence-corrected chi connectivity index (χ2v) is 8.66. The van der Waals surface area contributed by atoms with E-state index in [1.54, 1.807) is 0 Å². The number of anilines is 1. The van der Waals surface area contributed by atoms with E-state index in [9.17, 15) is 4.79 Å². The molecule has 0 aromatic heterocycles. The first kappa shape index (κ1) is 20.0. The van der Waals surface area contributed by atoms with Crippen LogP contribution in [0, 0.1) is 0 Å². The standard InChI is InChI=1S/C20H23Br2NO2/c1-5-13-10-15(21)7-9-18(13)25-12-19(24)23-17-8-6-14(11-16(17)22)20(2,3)4/h6-11H,5,12H2,1-4H3,(H,23,24). The summed E-state index contributed by atoms with van der Waals surface area (Å²) in [6.07, 6.45) is 0.843. The number of nitrogens with one attached hydrogen (secondary N) is 1. The van der Waals surface area contributed by atoms with Crippen LogP contribution in [0.25, 0.3) is 0 Å². The summed E-state index contributed by atoms with van der Waals surface area (Å²) in [6, 6.07) is 11.8. The SMILES string of the molecule is CCc1cc(Br)ccc1OCC(=O)Nc1ccc(C(C)(C)C)cc1Br. The van der Waals surface area contributed by atoms with Crippen molar-refractivity contribution in [2.24, 2.45) is 0 Å². The van der Waals surface area contributed by atoms with E-state index in [0.717, 1.165) is 32.4 Å². The van der Waals surface area contributed by atoms with Crippen LogP contribution in [0.2, 0.25) is 0 Å². The van der Waals surface area contributed by atoms with E-state index in [4.69, 9.17) is 4.74 Å². The van der Waals surface area contributed by atoms with E-state index in [0.29, 0.717) is 0 Å². The van der Waals surface area contributed by atoms with Crippen LogP contribution in [0.15, 0.2) is 45.3 Å². The smallest absolute Gasteiger partial charge is 0.262 e. The van der Waals surface area contributed by atoms with E-state index < -0.39 is 0 Å². The second kappa shape index (κ2) is 8.37. The summed E-state index contributed by atoms with van der Waals surface area (Å²) in [5, 5.41) is 2.89. The minimum Gasteiger partial charge on any atom is -0.483 e. The van der Waals surface area contributed by atoms with Gasteiger partial charge in [0.05, 0.1) is 5.69 Å². The molecule has 0 unspecified atom stereocenters. The van der Waals surface area contributed by atoms with Gasteiger partial charge in [-0.15, -0.1) is 0 Å². The molecule has 2 aromatic rings. The molecule has 0 heterocycles. The normalized spacial score (nSPS) is 11.3. The predicted molar refractivity (Wildman–Crippen MR) is 110 cm³/mol. The van der Waals surface area contributed by atoms with Crippen LogP contribution in [0.5, 0.6) is 5.75 Å². The fraction of sp³-hybridized carbons (Fsp3) is 0.350. The molecule has 134 valence electrons. The van der Waals surface area contributed by atoms with Crippen molar-refractivity contribution in [3.8, 4) is 5.75 Å². The van der Waals surface area contributed by atoms with Crippen molar-refractivity contribution in [2.45, 2.75) is 39.5 Å². The number of hydrogen-bond acceptors (Lipinski definition) is 2. The Labute approximate surface area is 166 Å². The van der Waals surface area contributed by atoms with Crippen molar-refractivity contribution in [3.05, 3.63) is 56.5 Å². The second-order valence-electron chi connectivity index (χ2n) is 6.89. The molecule has 1 amide bonds. The Morgan fingerprint density at radius 3 is 2.44 bits per heavy atom. The number of carbonyl (C=O) groups is 1. The van der Waals surface area contributed by atoms with Crippen molar-refractivity contribution < 1.29 is 9.53 Å². The van der Waals surface area contributed by atoms with Crippen LogP contribution >= 0.6 is 31.9 Å². The Morgan fingerprint density at radius 1 is 1.12 bits per heavy atom. The number of benzene rings is 2.